The van der Waals surface area contributed by atoms with E-state index in [9.17, 15) is 18.0 Å². The summed E-state index contributed by atoms with van der Waals surface area (Å²) >= 11 is 0. The van der Waals surface area contributed by atoms with Crippen LogP contribution < -0.4 is 20.7 Å². The lowest BCUT2D eigenvalue weighted by molar-refractivity contribution is -0.143. The van der Waals surface area contributed by atoms with Crippen molar-refractivity contribution in [2.24, 2.45) is 11.7 Å². The van der Waals surface area contributed by atoms with Gasteiger partial charge in [-0.15, -0.1) is 0 Å². The van der Waals surface area contributed by atoms with Gasteiger partial charge in [0.15, 0.2) is 5.65 Å². The van der Waals surface area contributed by atoms with E-state index < -0.39 is 28.1 Å². The fourth-order valence-electron chi connectivity index (χ4n) is 4.75. The van der Waals surface area contributed by atoms with E-state index in [2.05, 4.69) is 24.9 Å². The fourth-order valence-corrected chi connectivity index (χ4v) is 5.87. The number of unbranched alkanes of at least 4 members (excludes halogenated alkanes) is 1. The average Bonchev–Trinajstić information content (AvgIpc) is 3.32. The number of sulfonamides is 1. The lowest BCUT2D eigenvalue weighted by atomic mass is 9.86. The Hall–Kier alpha value is -2.77. The molecule has 200 valence electrons. The van der Waals surface area contributed by atoms with E-state index >= 15 is 0 Å². The van der Waals surface area contributed by atoms with Crippen molar-refractivity contribution in [2.75, 3.05) is 38.4 Å². The van der Waals surface area contributed by atoms with E-state index in [0.717, 1.165) is 32.1 Å². The number of aromatic nitrogens is 3. The summed E-state index contributed by atoms with van der Waals surface area (Å²) in [6, 6.07) is 0.720. The number of amides is 1. The third kappa shape index (κ3) is 6.71. The van der Waals surface area contributed by atoms with E-state index in [4.69, 9.17) is 10.5 Å². The lowest BCUT2D eigenvalue weighted by Gasteiger charge is -2.35. The number of ether oxygens (including phenoxy) is 1. The molecule has 2 heterocycles. The highest BCUT2D eigenvalue weighted by molar-refractivity contribution is 7.89. The minimum absolute atomic E-state index is 0.134. The minimum Gasteiger partial charge on any atom is -0.467 e. The molecule has 0 aliphatic heterocycles. The second kappa shape index (κ2) is 12.5. The average molecular weight is 524 g/mol. The number of carbonyl (C=O) groups is 2. The largest absolute Gasteiger partial charge is 0.467 e. The molecule has 36 heavy (non-hydrogen) atoms. The summed E-state index contributed by atoms with van der Waals surface area (Å²) in [5.41, 5.74) is 5.97. The van der Waals surface area contributed by atoms with Gasteiger partial charge in [-0.3, -0.25) is 4.57 Å². The standard InChI is InChI=1S/C23H37N7O5S/c1-25-36(33,34)14-16-7-9-17(10-8-16)29(2)20-18-11-13-30(21(18)27-15-26-20)23(32)28-19(22(31)35-3)6-4-5-12-24/h11,13,15-17,19,25H,4-10,12,14,24H2,1-3H3,(H,28,32)/t16-,17-,19-/m0/s1. The molecule has 0 bridgehead atoms. The van der Waals surface area contributed by atoms with Crippen LogP contribution in [0.25, 0.3) is 11.0 Å². The number of fused-ring (bicyclic) bond motifs is 1. The van der Waals surface area contributed by atoms with Crippen LogP contribution in [0.5, 0.6) is 0 Å². The number of methoxy groups -OCH3 is 1. The van der Waals surface area contributed by atoms with Crippen LogP contribution >= 0.6 is 0 Å². The Morgan fingerprint density at radius 2 is 1.97 bits per heavy atom. The molecule has 1 aliphatic rings. The van der Waals surface area contributed by atoms with Gasteiger partial charge in [0.25, 0.3) is 0 Å². The van der Waals surface area contributed by atoms with Crippen molar-refractivity contribution < 1.29 is 22.7 Å². The van der Waals surface area contributed by atoms with Gasteiger partial charge in [-0.05, 0) is 70.5 Å². The molecule has 1 atom stereocenters. The van der Waals surface area contributed by atoms with Crippen molar-refractivity contribution in [1.82, 2.24) is 24.6 Å². The summed E-state index contributed by atoms with van der Waals surface area (Å²) in [4.78, 5) is 36.1. The number of nitrogens with one attached hydrogen (secondary N) is 2. The quantitative estimate of drug-likeness (QED) is 0.290. The predicted molar refractivity (Wildman–Crippen MR) is 137 cm³/mol. The van der Waals surface area contributed by atoms with Crippen molar-refractivity contribution >= 4 is 38.9 Å². The first-order valence-electron chi connectivity index (χ1n) is 12.3. The molecule has 12 nitrogen and oxygen atoms in total. The maximum Gasteiger partial charge on any atom is 0.328 e. The summed E-state index contributed by atoms with van der Waals surface area (Å²) in [7, 11) is 1.47. The lowest BCUT2D eigenvalue weighted by Crippen LogP contribution is -2.43. The number of nitrogens with two attached hydrogens (primary N) is 1. The van der Waals surface area contributed by atoms with Crippen LogP contribution in [0.1, 0.15) is 44.9 Å². The SMILES string of the molecule is CNS(=O)(=O)C[C@H]1CC[C@H](N(C)c2ncnc3c2ccn3C(=O)N[C@@H](CCCCN)C(=O)OC)CC1. The fraction of sp³-hybridized carbons (Fsp3) is 0.652. The van der Waals surface area contributed by atoms with Crippen LogP contribution in [0, 0.1) is 5.92 Å². The molecule has 1 saturated carbocycles. The highest BCUT2D eigenvalue weighted by Crippen LogP contribution is 2.32. The molecule has 4 N–H and O–H groups in total. The molecule has 0 aromatic carbocycles. The van der Waals surface area contributed by atoms with Gasteiger partial charge in [-0.25, -0.2) is 32.7 Å². The highest BCUT2D eigenvalue weighted by Gasteiger charge is 2.29. The molecule has 2 aromatic heterocycles. The van der Waals surface area contributed by atoms with Gasteiger partial charge in [0.2, 0.25) is 10.0 Å². The first kappa shape index (κ1) is 27.8. The maximum absolute atomic E-state index is 13.0. The molecule has 13 heteroatoms. The van der Waals surface area contributed by atoms with Gasteiger partial charge in [0, 0.05) is 19.3 Å². The smallest absolute Gasteiger partial charge is 0.328 e. The van der Waals surface area contributed by atoms with Gasteiger partial charge in [-0.1, -0.05) is 0 Å². The summed E-state index contributed by atoms with van der Waals surface area (Å²) in [5.74, 6) is 0.472. The third-order valence-corrected chi connectivity index (χ3v) is 8.41. The molecular formula is C23H37N7O5S. The molecule has 3 rings (SSSR count). The third-order valence-electron chi connectivity index (χ3n) is 6.87. The predicted octanol–water partition coefficient (Wildman–Crippen LogP) is 1.20. The Labute approximate surface area is 212 Å². The molecule has 0 radical (unpaired) electrons. The number of nitrogens with zero attached hydrogens (tertiary/aromatic N) is 4. The molecular weight excluding hydrogens is 486 g/mol. The first-order chi connectivity index (χ1) is 17.2. The Kier molecular flexibility index (Phi) is 9.63. The van der Waals surface area contributed by atoms with Crippen molar-refractivity contribution in [3.63, 3.8) is 0 Å². The number of rotatable bonds is 11. The number of hydrogen-bond acceptors (Lipinski definition) is 9. The highest BCUT2D eigenvalue weighted by atomic mass is 32.2. The van der Waals surface area contributed by atoms with Gasteiger partial charge >= 0.3 is 12.0 Å². The molecule has 0 spiro atoms. The van der Waals surface area contributed by atoms with Gasteiger partial charge in [0.1, 0.15) is 18.2 Å². The summed E-state index contributed by atoms with van der Waals surface area (Å²) in [6.45, 7) is 0.508. The van der Waals surface area contributed by atoms with E-state index in [1.165, 1.54) is 25.1 Å². The molecule has 1 amide bonds. The topological polar surface area (TPSA) is 162 Å². The zero-order valence-corrected chi connectivity index (χ0v) is 22.0. The Balaban J connectivity index is 1.72. The Morgan fingerprint density at radius 3 is 2.61 bits per heavy atom. The van der Waals surface area contributed by atoms with Gasteiger partial charge in [-0.2, -0.15) is 0 Å². The molecule has 2 aromatic rings. The van der Waals surface area contributed by atoms with Crippen molar-refractivity contribution in [1.29, 1.82) is 0 Å². The van der Waals surface area contributed by atoms with E-state index in [1.54, 1.807) is 12.3 Å². The van der Waals surface area contributed by atoms with Gasteiger partial charge < -0.3 is 20.7 Å². The van der Waals surface area contributed by atoms with Crippen molar-refractivity contribution in [3.8, 4) is 0 Å². The Morgan fingerprint density at radius 1 is 1.25 bits per heavy atom. The summed E-state index contributed by atoms with van der Waals surface area (Å²) in [6.07, 6.45) is 8.19. The second-order valence-corrected chi connectivity index (χ2v) is 11.2. The monoisotopic (exact) mass is 523 g/mol. The van der Waals surface area contributed by atoms with Crippen LogP contribution in [-0.2, 0) is 19.6 Å². The van der Waals surface area contributed by atoms with Crippen LogP contribution in [0.2, 0.25) is 0 Å². The number of esters is 1. The zero-order chi connectivity index (χ0) is 26.3. The molecule has 0 unspecified atom stereocenters. The van der Waals surface area contributed by atoms with Gasteiger partial charge in [0.05, 0.1) is 18.2 Å². The number of hydrogen-bond donors (Lipinski definition) is 3. The van der Waals surface area contributed by atoms with E-state index in [-0.39, 0.29) is 17.7 Å². The summed E-state index contributed by atoms with van der Waals surface area (Å²) in [5, 5.41) is 3.46. The maximum atomic E-state index is 13.0. The summed E-state index contributed by atoms with van der Waals surface area (Å²) < 4.78 is 32.4. The van der Waals surface area contributed by atoms with Crippen LogP contribution in [0.3, 0.4) is 0 Å². The molecule has 1 aliphatic carbocycles. The number of anilines is 1. The Bertz CT molecular complexity index is 1140. The van der Waals surface area contributed by atoms with Crippen molar-refractivity contribution in [3.05, 3.63) is 18.6 Å². The van der Waals surface area contributed by atoms with Crippen LogP contribution in [0.4, 0.5) is 10.6 Å². The van der Waals surface area contributed by atoms with E-state index in [0.29, 0.717) is 36.2 Å². The minimum atomic E-state index is -3.23. The normalized spacial score (nSPS) is 19.1. The zero-order valence-electron chi connectivity index (χ0n) is 21.1. The number of carbonyl (C=O) groups excluding carboxylic acids is 2. The molecule has 0 saturated heterocycles. The van der Waals surface area contributed by atoms with E-state index in [1.807, 2.05) is 7.05 Å². The second-order valence-electron chi connectivity index (χ2n) is 9.20. The van der Waals surface area contributed by atoms with Crippen LogP contribution in [0.15, 0.2) is 18.6 Å². The van der Waals surface area contributed by atoms with Crippen molar-refractivity contribution in [2.45, 2.75) is 57.0 Å². The first-order valence-corrected chi connectivity index (χ1v) is 13.9. The molecule has 1 fully saturated rings. The van der Waals surface area contributed by atoms with Crippen LogP contribution in [-0.4, -0.2) is 80.5 Å².